The third kappa shape index (κ3) is 4.12. The van der Waals surface area contributed by atoms with Crippen LogP contribution in [0.25, 0.3) is 22.1 Å². The number of nitrogens with zero attached hydrogens (tertiary/aromatic N) is 7. The summed E-state index contributed by atoms with van der Waals surface area (Å²) >= 11 is 0. The normalized spacial score (nSPS) is 15.1. The first kappa shape index (κ1) is 22.1. The molecule has 1 saturated heterocycles. The van der Waals surface area contributed by atoms with Crippen LogP contribution in [0.4, 0.5) is 26.2 Å². The number of benzene rings is 2. The molecule has 0 aliphatic carbocycles. The summed E-state index contributed by atoms with van der Waals surface area (Å²) in [7, 11) is 1.95. The van der Waals surface area contributed by atoms with Crippen LogP contribution < -0.4 is 15.0 Å². The summed E-state index contributed by atoms with van der Waals surface area (Å²) in [5.41, 5.74) is 4.55. The summed E-state index contributed by atoms with van der Waals surface area (Å²) in [6.45, 7) is 1.75. The monoisotopic (exact) mass is 488 g/mol. The predicted molar refractivity (Wildman–Crippen MR) is 132 cm³/mol. The number of aromatic nitrogens is 6. The van der Waals surface area contributed by atoms with Gasteiger partial charge in [0.05, 0.1) is 30.1 Å². The fourth-order valence-electron chi connectivity index (χ4n) is 4.28. The van der Waals surface area contributed by atoms with E-state index >= 15 is 0 Å². The summed E-state index contributed by atoms with van der Waals surface area (Å²) in [5.74, 6) is -0.630. The summed E-state index contributed by atoms with van der Waals surface area (Å²) in [5, 5.41) is 3.26. The lowest BCUT2D eigenvalue weighted by atomic mass is 10.2. The molecule has 5 aromatic rings. The minimum atomic E-state index is -2.74. The van der Waals surface area contributed by atoms with E-state index in [1.807, 2.05) is 54.9 Å². The van der Waals surface area contributed by atoms with Crippen molar-refractivity contribution in [2.24, 2.45) is 7.05 Å². The minimum Gasteiger partial charge on any atom is -0.457 e. The zero-order valence-corrected chi connectivity index (χ0v) is 19.6. The number of nitrogens with one attached hydrogen (secondary N) is 1. The van der Waals surface area contributed by atoms with Crippen molar-refractivity contribution >= 4 is 39.5 Å². The molecule has 9 nitrogen and oxygen atoms in total. The van der Waals surface area contributed by atoms with E-state index in [0.717, 1.165) is 22.3 Å². The van der Waals surface area contributed by atoms with Crippen LogP contribution in [-0.2, 0) is 7.05 Å². The average Bonchev–Trinajstić information content (AvgIpc) is 3.42. The molecule has 182 valence electrons. The maximum Gasteiger partial charge on any atom is 0.267 e. The third-order valence-corrected chi connectivity index (χ3v) is 6.18. The van der Waals surface area contributed by atoms with Crippen LogP contribution in [0.5, 0.6) is 11.5 Å². The van der Waals surface area contributed by atoms with E-state index in [1.54, 1.807) is 6.33 Å². The molecule has 0 amide bonds. The van der Waals surface area contributed by atoms with Crippen LogP contribution >= 0.6 is 0 Å². The Morgan fingerprint density at radius 2 is 1.92 bits per heavy atom. The molecule has 0 spiro atoms. The Morgan fingerprint density at radius 3 is 2.72 bits per heavy atom. The molecule has 36 heavy (non-hydrogen) atoms. The van der Waals surface area contributed by atoms with E-state index in [4.69, 9.17) is 4.74 Å². The number of imidazole rings is 1. The summed E-state index contributed by atoms with van der Waals surface area (Å²) in [6, 6.07) is 11.5. The smallest absolute Gasteiger partial charge is 0.267 e. The molecular weight excluding hydrogens is 466 g/mol. The molecule has 3 aromatic heterocycles. The van der Waals surface area contributed by atoms with Gasteiger partial charge in [-0.3, -0.25) is 0 Å². The Bertz CT molecular complexity index is 1600. The first-order valence-electron chi connectivity index (χ1n) is 11.4. The molecule has 1 aliphatic heterocycles. The van der Waals surface area contributed by atoms with Crippen molar-refractivity contribution < 1.29 is 13.5 Å². The average molecular weight is 489 g/mol. The molecule has 2 aromatic carbocycles. The minimum absolute atomic E-state index is 0.197. The molecule has 0 unspecified atom stereocenters. The second-order valence-corrected chi connectivity index (χ2v) is 8.87. The second kappa shape index (κ2) is 8.36. The lowest BCUT2D eigenvalue weighted by molar-refractivity contribution is 0.0256. The third-order valence-electron chi connectivity index (χ3n) is 6.18. The highest BCUT2D eigenvalue weighted by atomic mass is 19.3. The standard InChI is InChI=1S/C25H22F2N8O/c1-15-9-16(3-6-21(15)36-17-4-5-20-18(10-17)31-14-34(20)2)32-23-22-19(29-13-30-23)11-28-24(33-22)35-8-7-25(26,27)12-35/h3-6,9-11,13-14H,7-8,12H2,1-2H3,(H,29,30,32). The van der Waals surface area contributed by atoms with Crippen molar-refractivity contribution in [1.82, 2.24) is 29.5 Å². The maximum absolute atomic E-state index is 13.7. The van der Waals surface area contributed by atoms with Gasteiger partial charge in [-0.25, -0.2) is 33.7 Å². The molecule has 0 saturated carbocycles. The van der Waals surface area contributed by atoms with Gasteiger partial charge >= 0.3 is 0 Å². The number of ether oxygens (including phenoxy) is 1. The summed E-state index contributed by atoms with van der Waals surface area (Å²) in [6.07, 6.45) is 4.50. The van der Waals surface area contributed by atoms with Gasteiger partial charge in [0.25, 0.3) is 5.92 Å². The van der Waals surface area contributed by atoms with Gasteiger partial charge < -0.3 is 19.5 Å². The van der Waals surface area contributed by atoms with Gasteiger partial charge in [0, 0.05) is 31.8 Å². The van der Waals surface area contributed by atoms with Crippen molar-refractivity contribution in [2.45, 2.75) is 19.3 Å². The quantitative estimate of drug-likeness (QED) is 0.370. The molecule has 1 aliphatic rings. The highest BCUT2D eigenvalue weighted by molar-refractivity contribution is 5.87. The van der Waals surface area contributed by atoms with Crippen LogP contribution in [0, 0.1) is 6.92 Å². The number of aryl methyl sites for hydroxylation is 2. The SMILES string of the molecule is Cc1cc(Nc2ncnc3cnc(N4CCC(F)(F)C4)nc23)ccc1Oc1ccc2c(c1)ncn2C. The van der Waals surface area contributed by atoms with Crippen LogP contribution in [0.15, 0.2) is 55.2 Å². The van der Waals surface area contributed by atoms with Crippen molar-refractivity contribution in [3.8, 4) is 11.5 Å². The second-order valence-electron chi connectivity index (χ2n) is 8.87. The van der Waals surface area contributed by atoms with Crippen LogP contribution in [-0.4, -0.2) is 48.5 Å². The van der Waals surface area contributed by atoms with Gasteiger partial charge in [0.1, 0.15) is 28.9 Å². The summed E-state index contributed by atoms with van der Waals surface area (Å²) in [4.78, 5) is 23.1. The zero-order valence-electron chi connectivity index (χ0n) is 19.6. The molecule has 6 rings (SSSR count). The van der Waals surface area contributed by atoms with E-state index in [0.29, 0.717) is 28.4 Å². The van der Waals surface area contributed by atoms with Gasteiger partial charge in [-0.15, -0.1) is 0 Å². The molecule has 0 radical (unpaired) electrons. The number of hydrogen-bond acceptors (Lipinski definition) is 8. The Labute approximate surface area is 204 Å². The number of rotatable bonds is 5. The number of fused-ring (bicyclic) bond motifs is 2. The molecule has 1 fully saturated rings. The Balaban J connectivity index is 1.25. The van der Waals surface area contributed by atoms with E-state index in [-0.39, 0.29) is 18.9 Å². The molecular formula is C25H22F2N8O. The van der Waals surface area contributed by atoms with Crippen molar-refractivity contribution in [3.05, 3.63) is 60.8 Å². The van der Waals surface area contributed by atoms with Gasteiger partial charge in [-0.1, -0.05) is 0 Å². The van der Waals surface area contributed by atoms with Crippen molar-refractivity contribution in [3.63, 3.8) is 0 Å². The van der Waals surface area contributed by atoms with Gasteiger partial charge in [-0.2, -0.15) is 0 Å². The van der Waals surface area contributed by atoms with Crippen molar-refractivity contribution in [1.29, 1.82) is 0 Å². The van der Waals surface area contributed by atoms with E-state index < -0.39 is 12.5 Å². The molecule has 4 heterocycles. The fraction of sp³-hybridized carbons (Fsp3) is 0.240. The van der Waals surface area contributed by atoms with Gasteiger partial charge in [-0.05, 0) is 42.8 Å². The van der Waals surface area contributed by atoms with E-state index in [1.165, 1.54) is 17.4 Å². The summed E-state index contributed by atoms with van der Waals surface area (Å²) < 4.78 is 35.4. The zero-order chi connectivity index (χ0) is 24.9. The number of hydrogen-bond donors (Lipinski definition) is 1. The molecule has 0 bridgehead atoms. The Kier molecular flexibility index (Phi) is 5.13. The van der Waals surface area contributed by atoms with Crippen LogP contribution in [0.2, 0.25) is 0 Å². The van der Waals surface area contributed by atoms with Crippen molar-refractivity contribution in [2.75, 3.05) is 23.3 Å². The number of alkyl halides is 2. The molecule has 11 heteroatoms. The molecule has 1 N–H and O–H groups in total. The number of halogens is 2. The first-order chi connectivity index (χ1) is 17.3. The predicted octanol–water partition coefficient (Wildman–Crippen LogP) is 5.00. The lowest BCUT2D eigenvalue weighted by Gasteiger charge is -2.16. The largest absolute Gasteiger partial charge is 0.457 e. The first-order valence-corrected chi connectivity index (χ1v) is 11.4. The Morgan fingerprint density at radius 1 is 1.03 bits per heavy atom. The van der Waals surface area contributed by atoms with Crippen LogP contribution in [0.3, 0.4) is 0 Å². The highest BCUT2D eigenvalue weighted by Gasteiger charge is 2.39. The molecule has 0 atom stereocenters. The van der Waals surface area contributed by atoms with E-state index in [2.05, 4.69) is 30.2 Å². The number of anilines is 3. The van der Waals surface area contributed by atoms with E-state index in [9.17, 15) is 8.78 Å². The lowest BCUT2D eigenvalue weighted by Crippen LogP contribution is -2.26. The Hall–Kier alpha value is -4.41. The van der Waals surface area contributed by atoms with Crippen LogP contribution in [0.1, 0.15) is 12.0 Å². The van der Waals surface area contributed by atoms with Gasteiger partial charge in [0.2, 0.25) is 5.95 Å². The van der Waals surface area contributed by atoms with Gasteiger partial charge in [0.15, 0.2) is 5.82 Å². The topological polar surface area (TPSA) is 93.9 Å². The maximum atomic E-state index is 13.7. The highest BCUT2D eigenvalue weighted by Crippen LogP contribution is 2.32. The fourth-order valence-corrected chi connectivity index (χ4v) is 4.28.